The number of aryl methyl sites for hydroxylation is 1. The van der Waals surface area contributed by atoms with Crippen molar-refractivity contribution >= 4 is 34.7 Å². The van der Waals surface area contributed by atoms with E-state index in [-0.39, 0.29) is 5.91 Å². The van der Waals surface area contributed by atoms with E-state index >= 15 is 0 Å². The molecule has 2 aliphatic rings. The van der Waals surface area contributed by atoms with Gasteiger partial charge >= 0.3 is 0 Å². The molecule has 1 amide bonds. The van der Waals surface area contributed by atoms with Crippen LogP contribution in [-0.2, 0) is 11.2 Å². The fourth-order valence-corrected chi connectivity index (χ4v) is 4.08. The van der Waals surface area contributed by atoms with Crippen LogP contribution >= 0.6 is 11.3 Å². The quantitative estimate of drug-likeness (QED) is 0.816. The van der Waals surface area contributed by atoms with Crippen LogP contribution in [0.3, 0.4) is 0 Å². The molecule has 138 valence electrons. The van der Waals surface area contributed by atoms with Gasteiger partial charge in [0, 0.05) is 42.6 Å². The largest absolute Gasteiger partial charge is 0.344 e. The van der Waals surface area contributed by atoms with Crippen LogP contribution in [0.25, 0.3) is 11.6 Å². The molecule has 0 atom stereocenters. The van der Waals surface area contributed by atoms with Gasteiger partial charge in [0.05, 0.1) is 0 Å². The first-order chi connectivity index (χ1) is 13.2. The summed E-state index contributed by atoms with van der Waals surface area (Å²) in [6.07, 6.45) is 12.9. The number of fused-ring (bicyclic) bond motifs is 1. The van der Waals surface area contributed by atoms with Crippen molar-refractivity contribution in [3.63, 3.8) is 0 Å². The minimum absolute atomic E-state index is 0.0491. The molecular formula is C21H22N4OS. The fraction of sp³-hybridized carbons (Fsp3) is 0.286. The number of allylic oxidation sites excluding steroid dienone is 1. The molecular weight excluding hydrogens is 356 g/mol. The van der Waals surface area contributed by atoms with Crippen LogP contribution < -0.4 is 5.32 Å². The average Bonchev–Trinajstić information content (AvgIpc) is 3.10. The van der Waals surface area contributed by atoms with E-state index < -0.39 is 0 Å². The Bertz CT molecular complexity index is 914. The van der Waals surface area contributed by atoms with Crippen LogP contribution in [0.2, 0.25) is 0 Å². The number of rotatable bonds is 3. The number of carbonyl (C=O) groups excluding carboxylic acids is 1. The first kappa shape index (κ1) is 17.7. The molecule has 1 N–H and O–H groups in total. The van der Waals surface area contributed by atoms with Gasteiger partial charge < -0.3 is 10.2 Å². The second-order valence-corrected chi connectivity index (χ2v) is 7.66. The third-order valence-electron chi connectivity index (χ3n) is 4.86. The van der Waals surface area contributed by atoms with Crippen molar-refractivity contribution in [3.05, 3.63) is 64.4 Å². The number of aromatic nitrogens is 2. The van der Waals surface area contributed by atoms with E-state index in [2.05, 4.69) is 34.0 Å². The molecule has 2 aliphatic heterocycles. The average molecular weight is 379 g/mol. The number of nitrogens with one attached hydrogen (secondary N) is 1. The van der Waals surface area contributed by atoms with Crippen molar-refractivity contribution in [2.24, 2.45) is 0 Å². The number of hydrogen-bond acceptors (Lipinski definition) is 5. The van der Waals surface area contributed by atoms with Gasteiger partial charge in [-0.05, 0) is 54.5 Å². The van der Waals surface area contributed by atoms with E-state index in [4.69, 9.17) is 0 Å². The van der Waals surface area contributed by atoms with Crippen LogP contribution in [0.4, 0.5) is 5.82 Å². The molecule has 4 rings (SSSR count). The topological polar surface area (TPSA) is 58.1 Å². The Kier molecular flexibility index (Phi) is 5.16. The molecule has 0 fully saturated rings. The van der Waals surface area contributed by atoms with Gasteiger partial charge in [0.1, 0.15) is 10.8 Å². The lowest BCUT2D eigenvalue weighted by molar-refractivity contribution is -0.125. The molecule has 2 aromatic rings. The monoisotopic (exact) mass is 378 g/mol. The summed E-state index contributed by atoms with van der Waals surface area (Å²) in [5.41, 5.74) is 4.37. The maximum Gasteiger partial charge on any atom is 0.246 e. The van der Waals surface area contributed by atoms with Gasteiger partial charge in [-0.15, -0.1) is 11.3 Å². The Hall–Kier alpha value is -2.73. The highest BCUT2D eigenvalue weighted by atomic mass is 32.1. The molecule has 0 aromatic carbocycles. The predicted octanol–water partition coefficient (Wildman–Crippen LogP) is 4.13. The van der Waals surface area contributed by atoms with Gasteiger partial charge in [0.25, 0.3) is 0 Å². The number of thiazole rings is 1. The normalized spacial score (nSPS) is 17.3. The lowest BCUT2D eigenvalue weighted by Gasteiger charge is -2.19. The number of anilines is 1. The Balaban J connectivity index is 1.38. The van der Waals surface area contributed by atoms with Crippen LogP contribution in [0.5, 0.6) is 0 Å². The molecule has 0 saturated heterocycles. The molecule has 0 spiro atoms. The summed E-state index contributed by atoms with van der Waals surface area (Å²) >= 11 is 1.65. The molecule has 2 aromatic heterocycles. The van der Waals surface area contributed by atoms with Crippen molar-refractivity contribution in [1.29, 1.82) is 0 Å². The van der Waals surface area contributed by atoms with Crippen molar-refractivity contribution in [3.8, 4) is 0 Å². The fourth-order valence-electron chi connectivity index (χ4n) is 3.37. The Labute approximate surface area is 163 Å². The zero-order chi connectivity index (χ0) is 18.6. The molecule has 4 heterocycles. The number of hydrogen-bond donors (Lipinski definition) is 1. The molecule has 6 heteroatoms. The zero-order valence-corrected chi connectivity index (χ0v) is 16.0. The summed E-state index contributed by atoms with van der Waals surface area (Å²) in [5, 5.41) is 6.27. The minimum Gasteiger partial charge on any atom is -0.344 e. The number of nitrogens with zero attached hydrogens (tertiary/aromatic N) is 3. The molecule has 0 bridgehead atoms. The molecule has 5 nitrogen and oxygen atoms in total. The van der Waals surface area contributed by atoms with Crippen molar-refractivity contribution in [2.45, 2.75) is 25.7 Å². The molecule has 0 aliphatic carbocycles. The van der Waals surface area contributed by atoms with E-state index in [1.807, 2.05) is 22.6 Å². The number of carbonyl (C=O) groups is 1. The Morgan fingerprint density at radius 3 is 3.04 bits per heavy atom. The van der Waals surface area contributed by atoms with E-state index in [9.17, 15) is 4.79 Å². The number of pyridine rings is 1. The van der Waals surface area contributed by atoms with E-state index in [1.54, 1.807) is 23.6 Å². The SMILES string of the molecule is C=C1CCc2cc(/C=C/C(=O)N3CCC=C(c4nccs4)CC3)cnc2N1. The van der Waals surface area contributed by atoms with E-state index in [1.165, 1.54) is 11.1 Å². The zero-order valence-electron chi connectivity index (χ0n) is 15.1. The van der Waals surface area contributed by atoms with E-state index in [0.717, 1.165) is 60.9 Å². The van der Waals surface area contributed by atoms with Crippen LogP contribution in [0, 0.1) is 0 Å². The number of amides is 1. The van der Waals surface area contributed by atoms with Crippen LogP contribution in [0.15, 0.2) is 48.3 Å². The molecule has 0 radical (unpaired) electrons. The maximum atomic E-state index is 12.6. The Morgan fingerprint density at radius 2 is 2.19 bits per heavy atom. The maximum absolute atomic E-state index is 12.6. The lowest BCUT2D eigenvalue weighted by atomic mass is 10.0. The standard InChI is InChI=1S/C21H22N4OS/c1-15-4-6-18-13-16(14-23-20(18)24-15)5-7-19(26)25-10-2-3-17(8-11-25)21-22-9-12-27-21/h3,5,7,9,12-14H,1-2,4,6,8,10-11H2,(H,23,24)/b7-5+. The smallest absolute Gasteiger partial charge is 0.246 e. The summed E-state index contributed by atoms with van der Waals surface area (Å²) in [7, 11) is 0. The highest BCUT2D eigenvalue weighted by Crippen LogP contribution is 2.25. The molecule has 27 heavy (non-hydrogen) atoms. The van der Waals surface area contributed by atoms with Crippen LogP contribution in [-0.4, -0.2) is 33.9 Å². The second-order valence-electron chi connectivity index (χ2n) is 6.77. The first-order valence-corrected chi connectivity index (χ1v) is 10.1. The van der Waals surface area contributed by atoms with Gasteiger partial charge in [-0.1, -0.05) is 12.7 Å². The molecule has 0 unspecified atom stereocenters. The first-order valence-electron chi connectivity index (χ1n) is 9.18. The second kappa shape index (κ2) is 7.88. The van der Waals surface area contributed by atoms with Crippen LogP contribution in [0.1, 0.15) is 35.4 Å². The minimum atomic E-state index is 0.0491. The van der Waals surface area contributed by atoms with Gasteiger partial charge in [-0.25, -0.2) is 9.97 Å². The lowest BCUT2D eigenvalue weighted by Crippen LogP contribution is -2.30. The summed E-state index contributed by atoms with van der Waals surface area (Å²) in [5.74, 6) is 0.927. The third-order valence-corrected chi connectivity index (χ3v) is 5.71. The highest BCUT2D eigenvalue weighted by Gasteiger charge is 2.16. The summed E-state index contributed by atoms with van der Waals surface area (Å²) in [6.45, 7) is 5.42. The molecule has 0 saturated carbocycles. The van der Waals surface area contributed by atoms with Crippen molar-refractivity contribution in [2.75, 3.05) is 18.4 Å². The van der Waals surface area contributed by atoms with Gasteiger partial charge in [-0.2, -0.15) is 0 Å². The summed E-state index contributed by atoms with van der Waals surface area (Å²) in [6, 6.07) is 2.09. The van der Waals surface area contributed by atoms with Crippen molar-refractivity contribution in [1.82, 2.24) is 14.9 Å². The summed E-state index contributed by atoms with van der Waals surface area (Å²) < 4.78 is 0. The van der Waals surface area contributed by atoms with Gasteiger partial charge in [0.2, 0.25) is 5.91 Å². The van der Waals surface area contributed by atoms with E-state index in [0.29, 0.717) is 0 Å². The van der Waals surface area contributed by atoms with Gasteiger partial charge in [0.15, 0.2) is 0 Å². The summed E-state index contributed by atoms with van der Waals surface area (Å²) in [4.78, 5) is 23.3. The highest BCUT2D eigenvalue weighted by molar-refractivity contribution is 7.10. The van der Waals surface area contributed by atoms with Crippen molar-refractivity contribution < 1.29 is 4.79 Å². The predicted molar refractivity (Wildman–Crippen MR) is 110 cm³/mol. The van der Waals surface area contributed by atoms with Gasteiger partial charge in [-0.3, -0.25) is 4.79 Å². The Morgan fingerprint density at radius 1 is 1.26 bits per heavy atom. The third kappa shape index (κ3) is 4.17.